The minimum Gasteiger partial charge on any atom is -0.341 e. The molecule has 1 saturated heterocycles. The van der Waals surface area contributed by atoms with Gasteiger partial charge in [-0.3, -0.25) is 4.79 Å². The molecule has 5 heteroatoms. The zero-order valence-corrected chi connectivity index (χ0v) is 11.2. The topological polar surface area (TPSA) is 50.2 Å². The number of likely N-dealkylation sites (tertiary alicyclic amines) is 1. The van der Waals surface area contributed by atoms with Gasteiger partial charge in [-0.25, -0.2) is 4.98 Å². The Morgan fingerprint density at radius 3 is 3.06 bits per heavy atom. The molecule has 0 aromatic carbocycles. The minimum atomic E-state index is 0.0186. The number of piperidine rings is 1. The Morgan fingerprint density at radius 2 is 2.39 bits per heavy atom. The summed E-state index contributed by atoms with van der Waals surface area (Å²) in [7, 11) is 1.99. The lowest BCUT2D eigenvalue weighted by atomic mass is 10.0. The molecule has 100 valence electrons. The molecule has 2 heterocycles. The molecule has 1 aromatic heterocycles. The van der Waals surface area contributed by atoms with E-state index < -0.39 is 0 Å². The lowest BCUT2D eigenvalue weighted by molar-refractivity contribution is -0.135. The molecule has 0 radical (unpaired) electrons. The summed E-state index contributed by atoms with van der Waals surface area (Å²) in [6.45, 7) is 4.54. The van der Waals surface area contributed by atoms with E-state index >= 15 is 0 Å². The number of rotatable bonds is 5. The highest BCUT2D eigenvalue weighted by Gasteiger charge is 2.27. The summed E-state index contributed by atoms with van der Waals surface area (Å²) in [5.74, 6) is 1.28. The molecular formula is C13H22N4O. The molecule has 1 atom stereocenters. The van der Waals surface area contributed by atoms with Crippen molar-refractivity contribution >= 4 is 5.91 Å². The highest BCUT2D eigenvalue weighted by atomic mass is 16.2. The van der Waals surface area contributed by atoms with E-state index in [4.69, 9.17) is 0 Å². The molecule has 1 amide bonds. The van der Waals surface area contributed by atoms with E-state index in [1.54, 1.807) is 6.20 Å². The van der Waals surface area contributed by atoms with Crippen LogP contribution in [0.2, 0.25) is 0 Å². The third-order valence-electron chi connectivity index (χ3n) is 3.51. The van der Waals surface area contributed by atoms with Crippen LogP contribution in [0.25, 0.3) is 0 Å². The average Bonchev–Trinajstić information content (AvgIpc) is 2.76. The van der Waals surface area contributed by atoms with Gasteiger partial charge in [-0.1, -0.05) is 6.92 Å². The Morgan fingerprint density at radius 1 is 1.56 bits per heavy atom. The van der Waals surface area contributed by atoms with E-state index in [1.165, 1.54) is 0 Å². The molecule has 1 N–H and O–H groups in total. The largest absolute Gasteiger partial charge is 0.341 e. The van der Waals surface area contributed by atoms with Gasteiger partial charge >= 0.3 is 0 Å². The van der Waals surface area contributed by atoms with Gasteiger partial charge in [0, 0.05) is 39.0 Å². The van der Waals surface area contributed by atoms with Crippen molar-refractivity contribution in [2.75, 3.05) is 19.6 Å². The van der Waals surface area contributed by atoms with Crippen LogP contribution in [-0.2, 0) is 18.3 Å². The van der Waals surface area contributed by atoms with Crippen LogP contribution in [-0.4, -0.2) is 46.0 Å². The van der Waals surface area contributed by atoms with Crippen LogP contribution in [0.1, 0.15) is 25.6 Å². The summed E-state index contributed by atoms with van der Waals surface area (Å²) in [6, 6.07) is 0.0186. The first-order valence-corrected chi connectivity index (χ1v) is 6.70. The monoisotopic (exact) mass is 250 g/mol. The van der Waals surface area contributed by atoms with Gasteiger partial charge in [0.05, 0.1) is 6.04 Å². The Labute approximate surface area is 108 Å². The van der Waals surface area contributed by atoms with E-state index in [0.717, 1.165) is 44.7 Å². The van der Waals surface area contributed by atoms with E-state index in [1.807, 2.05) is 29.6 Å². The molecule has 1 unspecified atom stereocenters. The summed E-state index contributed by atoms with van der Waals surface area (Å²) in [5, 5.41) is 3.26. The van der Waals surface area contributed by atoms with Crippen LogP contribution in [0.15, 0.2) is 12.4 Å². The van der Waals surface area contributed by atoms with Crippen molar-refractivity contribution in [3.05, 3.63) is 18.2 Å². The maximum Gasteiger partial charge on any atom is 0.239 e. The van der Waals surface area contributed by atoms with Crippen LogP contribution in [0, 0.1) is 0 Å². The summed E-state index contributed by atoms with van der Waals surface area (Å²) in [5.41, 5.74) is 0. The number of carbonyl (C=O) groups is 1. The van der Waals surface area contributed by atoms with Crippen LogP contribution in [0.3, 0.4) is 0 Å². The maximum atomic E-state index is 12.2. The first-order chi connectivity index (χ1) is 8.72. The van der Waals surface area contributed by atoms with E-state index in [0.29, 0.717) is 0 Å². The smallest absolute Gasteiger partial charge is 0.239 e. The lowest BCUT2D eigenvalue weighted by Gasteiger charge is -2.32. The second kappa shape index (κ2) is 6.00. The number of aryl methyl sites for hydroxylation is 1. The molecule has 18 heavy (non-hydrogen) atoms. The standard InChI is InChI=1S/C13H22N4O/c1-3-14-11-5-4-8-17(13(11)18)9-6-12-15-7-10-16(12)2/h7,10-11,14H,3-6,8-9H2,1-2H3. The van der Waals surface area contributed by atoms with E-state index in [9.17, 15) is 4.79 Å². The number of amides is 1. The molecule has 1 aliphatic rings. The van der Waals surface area contributed by atoms with Crippen LogP contribution in [0.4, 0.5) is 0 Å². The molecule has 0 saturated carbocycles. The quantitative estimate of drug-likeness (QED) is 0.831. The first-order valence-electron chi connectivity index (χ1n) is 6.70. The van der Waals surface area contributed by atoms with Gasteiger partial charge in [0.2, 0.25) is 5.91 Å². The predicted molar refractivity (Wildman–Crippen MR) is 70.2 cm³/mol. The van der Waals surface area contributed by atoms with Crippen molar-refractivity contribution in [3.63, 3.8) is 0 Å². The molecule has 1 aromatic rings. The molecule has 0 spiro atoms. The summed E-state index contributed by atoms with van der Waals surface area (Å²) >= 11 is 0. The van der Waals surface area contributed by atoms with Crippen molar-refractivity contribution in [2.45, 2.75) is 32.2 Å². The lowest BCUT2D eigenvalue weighted by Crippen LogP contribution is -2.51. The normalized spacial score (nSPS) is 20.4. The number of nitrogens with zero attached hydrogens (tertiary/aromatic N) is 3. The summed E-state index contributed by atoms with van der Waals surface area (Å²) in [4.78, 5) is 18.4. The Balaban J connectivity index is 1.89. The Hall–Kier alpha value is -1.36. The van der Waals surface area contributed by atoms with Crippen molar-refractivity contribution < 1.29 is 4.79 Å². The number of likely N-dealkylation sites (N-methyl/N-ethyl adjacent to an activating group) is 1. The van der Waals surface area contributed by atoms with Crippen LogP contribution < -0.4 is 5.32 Å². The van der Waals surface area contributed by atoms with Gasteiger partial charge in [0.1, 0.15) is 5.82 Å². The molecule has 0 aliphatic carbocycles. The predicted octanol–water partition coefficient (Wildman–Crippen LogP) is 0.563. The van der Waals surface area contributed by atoms with Gasteiger partial charge in [-0.2, -0.15) is 0 Å². The molecule has 1 fully saturated rings. The number of imidazole rings is 1. The van der Waals surface area contributed by atoms with Crippen molar-refractivity contribution in [2.24, 2.45) is 7.05 Å². The first kappa shape index (κ1) is 13.1. The zero-order valence-electron chi connectivity index (χ0n) is 11.2. The minimum absolute atomic E-state index is 0.0186. The molecule has 0 bridgehead atoms. The fourth-order valence-corrected chi connectivity index (χ4v) is 2.47. The van der Waals surface area contributed by atoms with Crippen molar-refractivity contribution in [1.82, 2.24) is 19.8 Å². The summed E-state index contributed by atoms with van der Waals surface area (Å²) < 4.78 is 2.01. The summed E-state index contributed by atoms with van der Waals surface area (Å²) in [6.07, 6.45) is 6.62. The molecule has 2 rings (SSSR count). The zero-order chi connectivity index (χ0) is 13.0. The van der Waals surface area contributed by atoms with Crippen LogP contribution in [0.5, 0.6) is 0 Å². The van der Waals surface area contributed by atoms with Gasteiger partial charge in [-0.15, -0.1) is 0 Å². The molecular weight excluding hydrogens is 228 g/mol. The molecule has 5 nitrogen and oxygen atoms in total. The SMILES string of the molecule is CCNC1CCCN(CCc2nccn2C)C1=O. The van der Waals surface area contributed by atoms with Crippen molar-refractivity contribution in [3.8, 4) is 0 Å². The Bertz CT molecular complexity index is 399. The number of hydrogen-bond acceptors (Lipinski definition) is 3. The fraction of sp³-hybridized carbons (Fsp3) is 0.692. The molecule has 1 aliphatic heterocycles. The van der Waals surface area contributed by atoms with E-state index in [-0.39, 0.29) is 11.9 Å². The van der Waals surface area contributed by atoms with Crippen LogP contribution >= 0.6 is 0 Å². The highest BCUT2D eigenvalue weighted by Crippen LogP contribution is 2.12. The number of nitrogens with one attached hydrogen (secondary N) is 1. The van der Waals surface area contributed by atoms with Gasteiger partial charge < -0.3 is 14.8 Å². The number of carbonyl (C=O) groups excluding carboxylic acids is 1. The van der Waals surface area contributed by atoms with E-state index in [2.05, 4.69) is 10.3 Å². The van der Waals surface area contributed by atoms with Crippen molar-refractivity contribution in [1.29, 1.82) is 0 Å². The van der Waals surface area contributed by atoms with Gasteiger partial charge in [0.15, 0.2) is 0 Å². The Kier molecular flexibility index (Phi) is 4.36. The second-order valence-electron chi connectivity index (χ2n) is 4.78. The number of aromatic nitrogens is 2. The third kappa shape index (κ3) is 2.90. The second-order valence-corrected chi connectivity index (χ2v) is 4.78. The average molecular weight is 250 g/mol. The highest BCUT2D eigenvalue weighted by molar-refractivity contribution is 5.82. The van der Waals surface area contributed by atoms with Gasteiger partial charge in [0.25, 0.3) is 0 Å². The fourth-order valence-electron chi connectivity index (χ4n) is 2.47. The third-order valence-corrected chi connectivity index (χ3v) is 3.51. The van der Waals surface area contributed by atoms with Gasteiger partial charge in [-0.05, 0) is 19.4 Å². The number of hydrogen-bond donors (Lipinski definition) is 1. The maximum absolute atomic E-state index is 12.2.